The number of piperazine rings is 1. The Bertz CT molecular complexity index is 550. The molecule has 0 atom stereocenters. The quantitative estimate of drug-likeness (QED) is 0.860. The van der Waals surface area contributed by atoms with Crippen molar-refractivity contribution < 1.29 is 4.39 Å². The van der Waals surface area contributed by atoms with Crippen LogP contribution in [0.5, 0.6) is 0 Å². The van der Waals surface area contributed by atoms with E-state index in [2.05, 4.69) is 44.0 Å². The lowest BCUT2D eigenvalue weighted by Crippen LogP contribution is -2.47. The number of halogens is 1. The minimum absolute atomic E-state index is 0.389. The standard InChI is InChI=1S/C16H19FN4/c17-15-12-18-16(19-13-15)21-10-8-20(9-11-21)7-6-14-4-2-1-3-5-14/h1-5,12-13H,6-11H2. The van der Waals surface area contributed by atoms with Gasteiger partial charge >= 0.3 is 0 Å². The van der Waals surface area contributed by atoms with Gasteiger partial charge in [-0.25, -0.2) is 14.4 Å². The summed E-state index contributed by atoms with van der Waals surface area (Å²) in [6.45, 7) is 4.84. The number of hydrogen-bond donors (Lipinski definition) is 0. The predicted octanol–water partition coefficient (Wildman–Crippen LogP) is 1.98. The molecule has 1 aromatic heterocycles. The largest absolute Gasteiger partial charge is 0.338 e. The van der Waals surface area contributed by atoms with Crippen LogP contribution in [0.2, 0.25) is 0 Å². The Kier molecular flexibility index (Phi) is 4.40. The van der Waals surface area contributed by atoms with Crippen molar-refractivity contribution in [1.29, 1.82) is 0 Å². The normalized spacial score (nSPS) is 16.1. The Labute approximate surface area is 124 Å². The highest BCUT2D eigenvalue weighted by Gasteiger charge is 2.18. The van der Waals surface area contributed by atoms with E-state index in [1.54, 1.807) is 0 Å². The lowest BCUT2D eigenvalue weighted by molar-refractivity contribution is 0.259. The van der Waals surface area contributed by atoms with Gasteiger partial charge in [0.05, 0.1) is 12.4 Å². The topological polar surface area (TPSA) is 32.3 Å². The van der Waals surface area contributed by atoms with E-state index in [1.165, 1.54) is 18.0 Å². The van der Waals surface area contributed by atoms with Crippen molar-refractivity contribution >= 4 is 5.95 Å². The Morgan fingerprint density at radius 3 is 2.29 bits per heavy atom. The van der Waals surface area contributed by atoms with Crippen molar-refractivity contribution in [3.8, 4) is 0 Å². The molecule has 0 saturated carbocycles. The van der Waals surface area contributed by atoms with E-state index in [0.29, 0.717) is 5.95 Å². The van der Waals surface area contributed by atoms with E-state index >= 15 is 0 Å². The SMILES string of the molecule is Fc1cnc(N2CCN(CCc3ccccc3)CC2)nc1. The van der Waals surface area contributed by atoms with Crippen LogP contribution in [0.25, 0.3) is 0 Å². The predicted molar refractivity (Wildman–Crippen MR) is 80.8 cm³/mol. The summed E-state index contributed by atoms with van der Waals surface area (Å²) < 4.78 is 12.8. The van der Waals surface area contributed by atoms with Gasteiger partial charge < -0.3 is 4.90 Å². The first-order valence-corrected chi connectivity index (χ1v) is 7.30. The molecule has 5 heteroatoms. The minimum atomic E-state index is -0.389. The first kappa shape index (κ1) is 13.9. The molecule has 0 N–H and O–H groups in total. The summed E-state index contributed by atoms with van der Waals surface area (Å²) >= 11 is 0. The van der Waals surface area contributed by atoms with Gasteiger partial charge in [-0.1, -0.05) is 30.3 Å². The number of nitrogens with zero attached hydrogens (tertiary/aromatic N) is 4. The van der Waals surface area contributed by atoms with Crippen LogP contribution in [0.15, 0.2) is 42.7 Å². The van der Waals surface area contributed by atoms with Crippen LogP contribution in [0.4, 0.5) is 10.3 Å². The number of anilines is 1. The monoisotopic (exact) mass is 286 g/mol. The van der Waals surface area contributed by atoms with Gasteiger partial charge in [-0.3, -0.25) is 4.90 Å². The smallest absolute Gasteiger partial charge is 0.225 e. The fourth-order valence-electron chi connectivity index (χ4n) is 2.57. The van der Waals surface area contributed by atoms with E-state index in [4.69, 9.17) is 0 Å². The Morgan fingerprint density at radius 2 is 1.62 bits per heavy atom. The van der Waals surface area contributed by atoms with Crippen LogP contribution >= 0.6 is 0 Å². The van der Waals surface area contributed by atoms with Crippen molar-refractivity contribution in [3.05, 3.63) is 54.1 Å². The van der Waals surface area contributed by atoms with Crippen LogP contribution in [0, 0.1) is 5.82 Å². The summed E-state index contributed by atoms with van der Waals surface area (Å²) in [5.74, 6) is 0.236. The molecule has 1 aliphatic heterocycles. The van der Waals surface area contributed by atoms with Crippen molar-refractivity contribution in [2.24, 2.45) is 0 Å². The molecule has 0 amide bonds. The lowest BCUT2D eigenvalue weighted by atomic mass is 10.1. The fraction of sp³-hybridized carbons (Fsp3) is 0.375. The number of hydrogen-bond acceptors (Lipinski definition) is 4. The fourth-order valence-corrected chi connectivity index (χ4v) is 2.57. The maximum atomic E-state index is 12.8. The molecule has 1 aliphatic rings. The molecule has 3 rings (SSSR count). The molecule has 1 saturated heterocycles. The molecule has 0 bridgehead atoms. The van der Waals surface area contributed by atoms with E-state index in [1.807, 2.05) is 6.07 Å². The first-order chi connectivity index (χ1) is 10.3. The maximum Gasteiger partial charge on any atom is 0.225 e. The Morgan fingerprint density at radius 1 is 0.952 bits per heavy atom. The zero-order chi connectivity index (χ0) is 14.5. The van der Waals surface area contributed by atoms with Gasteiger partial charge in [0.2, 0.25) is 5.95 Å². The molecule has 4 nitrogen and oxygen atoms in total. The molecule has 0 spiro atoms. The van der Waals surface area contributed by atoms with Crippen LogP contribution in [0.3, 0.4) is 0 Å². The molecule has 1 aromatic carbocycles. The molecule has 0 aliphatic carbocycles. The summed E-state index contributed by atoms with van der Waals surface area (Å²) in [6.07, 6.45) is 3.53. The Hall–Kier alpha value is -2.01. The van der Waals surface area contributed by atoms with Gasteiger partial charge in [-0.05, 0) is 12.0 Å². The highest BCUT2D eigenvalue weighted by Crippen LogP contribution is 2.11. The minimum Gasteiger partial charge on any atom is -0.338 e. The molecule has 2 heterocycles. The average Bonchev–Trinajstić information content (AvgIpc) is 2.55. The number of benzene rings is 1. The van der Waals surface area contributed by atoms with Crippen LogP contribution in [-0.2, 0) is 6.42 Å². The van der Waals surface area contributed by atoms with E-state index < -0.39 is 0 Å². The summed E-state index contributed by atoms with van der Waals surface area (Å²) in [5, 5.41) is 0. The van der Waals surface area contributed by atoms with E-state index in [0.717, 1.165) is 39.1 Å². The van der Waals surface area contributed by atoms with Gasteiger partial charge in [0, 0.05) is 32.7 Å². The third-order valence-electron chi connectivity index (χ3n) is 3.82. The number of aromatic nitrogens is 2. The second kappa shape index (κ2) is 6.63. The first-order valence-electron chi connectivity index (χ1n) is 7.30. The highest BCUT2D eigenvalue weighted by molar-refractivity contribution is 5.29. The molecule has 110 valence electrons. The van der Waals surface area contributed by atoms with Crippen LogP contribution in [0.1, 0.15) is 5.56 Å². The summed E-state index contributed by atoms with van der Waals surface area (Å²) in [5.41, 5.74) is 1.38. The van der Waals surface area contributed by atoms with Gasteiger partial charge in [-0.15, -0.1) is 0 Å². The van der Waals surface area contributed by atoms with Crippen molar-refractivity contribution in [1.82, 2.24) is 14.9 Å². The van der Waals surface area contributed by atoms with E-state index in [-0.39, 0.29) is 5.82 Å². The third-order valence-corrected chi connectivity index (χ3v) is 3.82. The molecule has 0 radical (unpaired) electrons. The van der Waals surface area contributed by atoms with Crippen molar-refractivity contribution in [2.45, 2.75) is 6.42 Å². The zero-order valence-electron chi connectivity index (χ0n) is 12.0. The highest BCUT2D eigenvalue weighted by atomic mass is 19.1. The van der Waals surface area contributed by atoms with E-state index in [9.17, 15) is 4.39 Å². The van der Waals surface area contributed by atoms with Gasteiger partial charge in [0.1, 0.15) is 0 Å². The second-order valence-electron chi connectivity index (χ2n) is 5.27. The zero-order valence-corrected chi connectivity index (χ0v) is 12.0. The molecule has 2 aromatic rings. The molecule has 1 fully saturated rings. The van der Waals surface area contributed by atoms with Crippen molar-refractivity contribution in [2.75, 3.05) is 37.6 Å². The second-order valence-corrected chi connectivity index (χ2v) is 5.27. The van der Waals surface area contributed by atoms with Gasteiger partial charge in [0.25, 0.3) is 0 Å². The van der Waals surface area contributed by atoms with Crippen molar-refractivity contribution in [3.63, 3.8) is 0 Å². The van der Waals surface area contributed by atoms with Gasteiger partial charge in [-0.2, -0.15) is 0 Å². The average molecular weight is 286 g/mol. The third kappa shape index (κ3) is 3.76. The maximum absolute atomic E-state index is 12.8. The molecule has 0 unspecified atom stereocenters. The summed E-state index contributed by atoms with van der Waals surface area (Å²) in [4.78, 5) is 12.6. The summed E-state index contributed by atoms with van der Waals surface area (Å²) in [6, 6.07) is 10.6. The van der Waals surface area contributed by atoms with Crippen LogP contribution in [-0.4, -0.2) is 47.6 Å². The Balaban J connectivity index is 1.48. The molecular formula is C16H19FN4. The summed E-state index contributed by atoms with van der Waals surface area (Å²) in [7, 11) is 0. The number of rotatable bonds is 4. The van der Waals surface area contributed by atoms with Gasteiger partial charge in [0.15, 0.2) is 5.82 Å². The molecular weight excluding hydrogens is 267 g/mol. The van der Waals surface area contributed by atoms with Crippen LogP contribution < -0.4 is 4.90 Å². The lowest BCUT2D eigenvalue weighted by Gasteiger charge is -2.34. The molecule has 21 heavy (non-hydrogen) atoms.